The third-order valence-corrected chi connectivity index (χ3v) is 1.39. The van der Waals surface area contributed by atoms with Gasteiger partial charge >= 0.3 is 6.03 Å². The molecule has 1 rings (SSSR count). The maximum absolute atomic E-state index is 12.5. The summed E-state index contributed by atoms with van der Waals surface area (Å²) in [7, 11) is 0. The highest BCUT2D eigenvalue weighted by Gasteiger charge is 1.98. The van der Waals surface area contributed by atoms with E-state index in [2.05, 4.69) is 22.9 Å². The molecule has 0 bridgehead atoms. The number of amides is 2. The first kappa shape index (κ1) is 8.86. The van der Waals surface area contributed by atoms with Crippen molar-refractivity contribution in [1.82, 2.24) is 4.72 Å². The van der Waals surface area contributed by atoms with Crippen molar-refractivity contribution in [3.05, 3.63) is 30.1 Å². The lowest BCUT2D eigenvalue weighted by Gasteiger charge is -2.02. The number of rotatable bonds is 1. The molecule has 0 radical (unpaired) electrons. The zero-order chi connectivity index (χ0) is 8.97. The van der Waals surface area contributed by atoms with Gasteiger partial charge in [-0.2, -0.15) is 0 Å². The molecule has 0 aliphatic rings. The van der Waals surface area contributed by atoms with Crippen LogP contribution in [0.1, 0.15) is 0 Å². The van der Waals surface area contributed by atoms with Gasteiger partial charge in [0, 0.05) is 5.69 Å². The number of anilines is 1. The second-order valence-corrected chi connectivity index (χ2v) is 2.30. The van der Waals surface area contributed by atoms with E-state index >= 15 is 0 Å². The number of thiol groups is 1. The quantitative estimate of drug-likeness (QED) is 0.575. The van der Waals surface area contributed by atoms with Crippen molar-refractivity contribution in [2.45, 2.75) is 0 Å². The zero-order valence-electron chi connectivity index (χ0n) is 6.04. The summed E-state index contributed by atoms with van der Waals surface area (Å²) in [5.41, 5.74) is 0.390. The van der Waals surface area contributed by atoms with Gasteiger partial charge in [0.25, 0.3) is 0 Å². The molecule has 0 unspecified atom stereocenters. The van der Waals surface area contributed by atoms with Gasteiger partial charge in [0.1, 0.15) is 5.82 Å². The van der Waals surface area contributed by atoms with Gasteiger partial charge in [-0.25, -0.2) is 9.18 Å². The second-order valence-electron chi connectivity index (χ2n) is 2.08. The highest BCUT2D eigenvalue weighted by molar-refractivity contribution is 7.78. The molecule has 0 heterocycles. The summed E-state index contributed by atoms with van der Waals surface area (Å²) in [5.74, 6) is -0.396. The van der Waals surface area contributed by atoms with E-state index in [-0.39, 0.29) is 0 Å². The van der Waals surface area contributed by atoms with E-state index in [0.29, 0.717) is 5.69 Å². The molecular formula is C7H7FN2OS. The van der Waals surface area contributed by atoms with Gasteiger partial charge < -0.3 is 5.32 Å². The Morgan fingerprint density at radius 1 is 1.50 bits per heavy atom. The van der Waals surface area contributed by atoms with Crippen LogP contribution < -0.4 is 10.0 Å². The number of halogens is 1. The number of carbonyl (C=O) groups excluding carboxylic acids is 1. The van der Waals surface area contributed by atoms with Crippen LogP contribution in [0.3, 0.4) is 0 Å². The molecular weight excluding hydrogens is 179 g/mol. The van der Waals surface area contributed by atoms with Gasteiger partial charge in [-0.05, 0) is 18.2 Å². The lowest BCUT2D eigenvalue weighted by atomic mass is 10.3. The van der Waals surface area contributed by atoms with Crippen LogP contribution in [0, 0.1) is 5.82 Å². The van der Waals surface area contributed by atoms with E-state index in [1.165, 1.54) is 18.2 Å². The molecule has 5 heteroatoms. The summed E-state index contributed by atoms with van der Waals surface area (Å²) in [6.45, 7) is 0. The first-order valence-corrected chi connectivity index (χ1v) is 3.64. The smallest absolute Gasteiger partial charge is 0.307 e. The van der Waals surface area contributed by atoms with Crippen LogP contribution in [-0.4, -0.2) is 6.03 Å². The SMILES string of the molecule is O=C(NS)Nc1cccc(F)c1. The molecule has 0 aromatic heterocycles. The summed E-state index contributed by atoms with van der Waals surface area (Å²) in [6, 6.07) is 5.09. The molecule has 64 valence electrons. The zero-order valence-corrected chi connectivity index (χ0v) is 6.94. The van der Waals surface area contributed by atoms with Crippen LogP contribution in [0.15, 0.2) is 24.3 Å². The standard InChI is InChI=1S/C7H7FN2OS/c8-5-2-1-3-6(4-5)9-7(11)10-12/h1-4,12H,(H2,9,10,11). The predicted octanol–water partition coefficient (Wildman–Crippen LogP) is 1.79. The van der Waals surface area contributed by atoms with E-state index in [4.69, 9.17) is 0 Å². The molecule has 3 nitrogen and oxygen atoms in total. The van der Waals surface area contributed by atoms with Crippen LogP contribution in [0.2, 0.25) is 0 Å². The predicted molar refractivity (Wildman–Crippen MR) is 47.5 cm³/mol. The topological polar surface area (TPSA) is 41.1 Å². The summed E-state index contributed by atoms with van der Waals surface area (Å²) >= 11 is 3.52. The number of benzene rings is 1. The first-order valence-electron chi connectivity index (χ1n) is 3.19. The van der Waals surface area contributed by atoms with Gasteiger partial charge in [0.2, 0.25) is 0 Å². The van der Waals surface area contributed by atoms with Crippen molar-refractivity contribution >= 4 is 24.5 Å². The highest BCUT2D eigenvalue weighted by Crippen LogP contribution is 2.08. The van der Waals surface area contributed by atoms with Crippen LogP contribution in [-0.2, 0) is 0 Å². The fraction of sp³-hybridized carbons (Fsp3) is 0. The summed E-state index contributed by atoms with van der Waals surface area (Å²) in [6.07, 6.45) is 0. The van der Waals surface area contributed by atoms with Gasteiger partial charge in [-0.1, -0.05) is 18.9 Å². The number of hydrogen-bond donors (Lipinski definition) is 3. The van der Waals surface area contributed by atoms with Crippen molar-refractivity contribution in [3.63, 3.8) is 0 Å². The molecule has 0 spiro atoms. The summed E-state index contributed by atoms with van der Waals surface area (Å²) in [5, 5.41) is 2.37. The van der Waals surface area contributed by atoms with E-state index in [1.807, 2.05) is 0 Å². The average molecular weight is 186 g/mol. The number of urea groups is 1. The maximum atomic E-state index is 12.5. The molecule has 0 saturated carbocycles. The minimum atomic E-state index is -0.496. The number of carbonyl (C=O) groups is 1. The Bertz CT molecular complexity index is 292. The van der Waals surface area contributed by atoms with E-state index in [1.54, 1.807) is 6.07 Å². The summed E-state index contributed by atoms with van der Waals surface area (Å²) < 4.78 is 14.6. The molecule has 0 aliphatic carbocycles. The lowest BCUT2D eigenvalue weighted by molar-refractivity contribution is 0.257. The van der Waals surface area contributed by atoms with Gasteiger partial charge in [-0.15, -0.1) is 0 Å². The number of nitrogens with one attached hydrogen (secondary N) is 2. The maximum Gasteiger partial charge on any atom is 0.329 e. The average Bonchev–Trinajstić information content (AvgIpc) is 2.04. The van der Waals surface area contributed by atoms with Crippen molar-refractivity contribution in [2.24, 2.45) is 0 Å². The van der Waals surface area contributed by atoms with E-state index < -0.39 is 11.8 Å². The third kappa shape index (κ3) is 2.43. The fourth-order valence-corrected chi connectivity index (χ4v) is 0.781. The van der Waals surface area contributed by atoms with Gasteiger partial charge in [0.05, 0.1) is 0 Å². The molecule has 1 aromatic rings. The van der Waals surface area contributed by atoms with Crippen LogP contribution in [0.5, 0.6) is 0 Å². The first-order chi connectivity index (χ1) is 5.72. The van der Waals surface area contributed by atoms with Crippen molar-refractivity contribution in [2.75, 3.05) is 5.32 Å². The Kier molecular flexibility index (Phi) is 2.93. The molecule has 0 saturated heterocycles. The minimum Gasteiger partial charge on any atom is -0.307 e. The molecule has 0 fully saturated rings. The minimum absolute atomic E-state index is 0.390. The Labute approximate surface area is 74.5 Å². The monoisotopic (exact) mass is 186 g/mol. The van der Waals surface area contributed by atoms with Crippen LogP contribution in [0.25, 0.3) is 0 Å². The van der Waals surface area contributed by atoms with Crippen LogP contribution >= 0.6 is 12.8 Å². The molecule has 0 aliphatic heterocycles. The normalized spacial score (nSPS) is 9.17. The highest BCUT2D eigenvalue weighted by atomic mass is 32.1. The van der Waals surface area contributed by atoms with Crippen molar-refractivity contribution in [3.8, 4) is 0 Å². The lowest BCUT2D eigenvalue weighted by Crippen LogP contribution is -2.20. The molecule has 12 heavy (non-hydrogen) atoms. The largest absolute Gasteiger partial charge is 0.329 e. The third-order valence-electron chi connectivity index (χ3n) is 1.18. The van der Waals surface area contributed by atoms with Gasteiger partial charge in [0.15, 0.2) is 0 Å². The van der Waals surface area contributed by atoms with Crippen molar-refractivity contribution in [1.29, 1.82) is 0 Å². The molecule has 2 N–H and O–H groups in total. The molecule has 0 atom stereocenters. The Hall–Kier alpha value is -1.23. The molecule has 1 aromatic carbocycles. The van der Waals surface area contributed by atoms with Crippen molar-refractivity contribution < 1.29 is 9.18 Å². The Morgan fingerprint density at radius 3 is 2.83 bits per heavy atom. The molecule has 2 amide bonds. The fourth-order valence-electron chi connectivity index (χ4n) is 0.725. The van der Waals surface area contributed by atoms with E-state index in [0.717, 1.165) is 0 Å². The Balaban J connectivity index is 2.69. The van der Waals surface area contributed by atoms with Gasteiger partial charge in [-0.3, -0.25) is 4.72 Å². The van der Waals surface area contributed by atoms with E-state index in [9.17, 15) is 9.18 Å². The number of hydrogen-bond acceptors (Lipinski definition) is 2. The Morgan fingerprint density at radius 2 is 2.25 bits per heavy atom. The van der Waals surface area contributed by atoms with Crippen LogP contribution in [0.4, 0.5) is 14.9 Å². The summed E-state index contributed by atoms with van der Waals surface area (Å²) in [4.78, 5) is 10.7. The second kappa shape index (κ2) is 3.96.